The predicted molar refractivity (Wildman–Crippen MR) is 233 cm³/mol. The Bertz CT molecular complexity index is 2920. The number of rotatable bonds is 4. The van der Waals surface area contributed by atoms with Gasteiger partial charge in [-0.3, -0.25) is 0 Å². The molecule has 56 heavy (non-hydrogen) atoms. The maximum atomic E-state index is 6.99. The second-order valence-corrected chi connectivity index (χ2v) is 16.6. The lowest BCUT2D eigenvalue weighted by Crippen LogP contribution is -2.34. The summed E-state index contributed by atoms with van der Waals surface area (Å²) in [5.74, 6) is 1.78. The molecular formula is C53H42N2O. The maximum absolute atomic E-state index is 6.99. The van der Waals surface area contributed by atoms with Crippen molar-refractivity contribution in [3.05, 3.63) is 192 Å². The third-order valence-corrected chi connectivity index (χ3v) is 12.7. The van der Waals surface area contributed by atoms with E-state index in [0.717, 1.165) is 51.1 Å². The summed E-state index contributed by atoms with van der Waals surface area (Å²) >= 11 is 0. The Hall–Kier alpha value is -6.58. The van der Waals surface area contributed by atoms with E-state index in [-0.39, 0.29) is 5.41 Å². The molecule has 0 bridgehead atoms. The fourth-order valence-electron chi connectivity index (χ4n) is 9.96. The highest BCUT2D eigenvalue weighted by molar-refractivity contribution is 6.01. The molecule has 8 aromatic carbocycles. The van der Waals surface area contributed by atoms with Crippen molar-refractivity contribution in [2.75, 3.05) is 9.80 Å². The minimum Gasteiger partial charge on any atom is -0.452 e. The van der Waals surface area contributed by atoms with E-state index in [1.165, 1.54) is 55.4 Å². The lowest BCUT2D eigenvalue weighted by molar-refractivity contribution is 0.472. The summed E-state index contributed by atoms with van der Waals surface area (Å²) in [6, 6.07) is 60.1. The van der Waals surface area contributed by atoms with Crippen LogP contribution in [0.5, 0.6) is 11.5 Å². The molecule has 0 unspecified atom stereocenters. The van der Waals surface area contributed by atoms with Gasteiger partial charge in [0.25, 0.3) is 0 Å². The number of para-hydroxylation sites is 1. The molecule has 270 valence electrons. The number of ether oxygens (including phenoxy) is 1. The van der Waals surface area contributed by atoms with E-state index in [1.54, 1.807) is 0 Å². The predicted octanol–water partition coefficient (Wildman–Crippen LogP) is 14.8. The maximum Gasteiger partial charge on any atom is 0.159 e. The quantitative estimate of drug-likeness (QED) is 0.180. The molecular weight excluding hydrogens is 681 g/mol. The van der Waals surface area contributed by atoms with E-state index in [2.05, 4.69) is 208 Å². The standard InChI is InChI=1S/C53H42N2O/c1-33-15-13-24-47-49(33)55-46-23-14-22-45(48(46)53(4,5)43-30-29-39(51(56-47)50(43)55)35-17-7-6-8-18-35)54(37-26-25-34-16-9-10-19-36(34)31-37)38-27-28-41-40-20-11-12-21-42(40)52(2,3)44(41)32-38/h6-32H,1-5H3. The molecule has 0 atom stereocenters. The average molecular weight is 723 g/mol. The molecule has 0 spiro atoms. The zero-order valence-electron chi connectivity index (χ0n) is 32.4. The van der Waals surface area contributed by atoms with Crippen molar-refractivity contribution in [1.29, 1.82) is 0 Å². The zero-order chi connectivity index (χ0) is 37.9. The second-order valence-electron chi connectivity index (χ2n) is 16.6. The van der Waals surface area contributed by atoms with Crippen LogP contribution in [-0.2, 0) is 10.8 Å². The summed E-state index contributed by atoms with van der Waals surface area (Å²) in [6.07, 6.45) is 0. The summed E-state index contributed by atoms with van der Waals surface area (Å²) in [4.78, 5) is 5.01. The van der Waals surface area contributed by atoms with Crippen molar-refractivity contribution in [3.8, 4) is 33.8 Å². The molecule has 2 aliphatic heterocycles. The molecule has 3 aliphatic rings. The highest BCUT2D eigenvalue weighted by Gasteiger charge is 2.45. The van der Waals surface area contributed by atoms with Crippen molar-refractivity contribution in [1.82, 2.24) is 0 Å². The number of anilines is 6. The first-order valence-electron chi connectivity index (χ1n) is 19.7. The smallest absolute Gasteiger partial charge is 0.159 e. The van der Waals surface area contributed by atoms with Crippen molar-refractivity contribution in [3.63, 3.8) is 0 Å². The van der Waals surface area contributed by atoms with Crippen LogP contribution < -0.4 is 14.5 Å². The normalized spacial score (nSPS) is 14.9. The lowest BCUT2D eigenvalue weighted by atomic mass is 9.71. The van der Waals surface area contributed by atoms with Gasteiger partial charge in [-0.25, -0.2) is 0 Å². The van der Waals surface area contributed by atoms with Gasteiger partial charge in [-0.1, -0.05) is 149 Å². The molecule has 0 fully saturated rings. The summed E-state index contributed by atoms with van der Waals surface area (Å²) < 4.78 is 6.99. The van der Waals surface area contributed by atoms with Gasteiger partial charge >= 0.3 is 0 Å². The van der Waals surface area contributed by atoms with Crippen LogP contribution in [0.4, 0.5) is 34.1 Å². The van der Waals surface area contributed by atoms with E-state index >= 15 is 0 Å². The zero-order valence-corrected chi connectivity index (χ0v) is 32.4. The minimum atomic E-state index is -0.396. The third kappa shape index (κ3) is 4.52. The van der Waals surface area contributed by atoms with Gasteiger partial charge in [0, 0.05) is 33.3 Å². The van der Waals surface area contributed by atoms with Crippen LogP contribution in [0.1, 0.15) is 55.5 Å². The molecule has 1 aliphatic carbocycles. The monoisotopic (exact) mass is 722 g/mol. The number of fused-ring (bicyclic) bond motifs is 8. The SMILES string of the molecule is Cc1cccc2c1N1c3cccc(N(c4ccc5c(c4)C(C)(C)c4ccccc4-5)c4ccc5ccccc5c4)c3C(C)(C)c3ccc(-c4ccccc4)c(c31)O2. The molecule has 0 amide bonds. The first-order chi connectivity index (χ1) is 27.2. The molecule has 3 heteroatoms. The average Bonchev–Trinajstić information content (AvgIpc) is 3.45. The Morgan fingerprint density at radius 1 is 0.500 bits per heavy atom. The number of hydrogen-bond donors (Lipinski definition) is 0. The van der Waals surface area contributed by atoms with Crippen molar-refractivity contribution in [2.24, 2.45) is 0 Å². The van der Waals surface area contributed by atoms with Gasteiger partial charge in [0.1, 0.15) is 0 Å². The van der Waals surface area contributed by atoms with Gasteiger partial charge in [-0.05, 0) is 99.1 Å². The fourth-order valence-corrected chi connectivity index (χ4v) is 9.96. The van der Waals surface area contributed by atoms with Crippen LogP contribution in [0.15, 0.2) is 164 Å². The minimum absolute atomic E-state index is 0.132. The first kappa shape index (κ1) is 32.8. The molecule has 0 N–H and O–H groups in total. The van der Waals surface area contributed by atoms with Crippen LogP contribution in [-0.4, -0.2) is 0 Å². The lowest BCUT2D eigenvalue weighted by Gasteiger charge is -2.47. The number of aryl methyl sites for hydroxylation is 1. The van der Waals surface area contributed by atoms with Crippen LogP contribution in [0.25, 0.3) is 33.0 Å². The Kier molecular flexibility index (Phi) is 6.86. The van der Waals surface area contributed by atoms with Gasteiger partial charge in [-0.2, -0.15) is 0 Å². The molecule has 8 aromatic rings. The van der Waals surface area contributed by atoms with Gasteiger partial charge in [-0.15, -0.1) is 0 Å². The third-order valence-electron chi connectivity index (χ3n) is 12.7. The Balaban J connectivity index is 1.19. The van der Waals surface area contributed by atoms with Crippen LogP contribution >= 0.6 is 0 Å². The molecule has 0 saturated heterocycles. The number of benzene rings is 8. The summed E-state index contributed by atoms with van der Waals surface area (Å²) in [5, 5.41) is 2.45. The van der Waals surface area contributed by atoms with Crippen LogP contribution in [0.3, 0.4) is 0 Å². The van der Waals surface area contributed by atoms with E-state index < -0.39 is 5.41 Å². The molecule has 0 saturated carbocycles. The van der Waals surface area contributed by atoms with Crippen LogP contribution in [0.2, 0.25) is 0 Å². The van der Waals surface area contributed by atoms with Crippen molar-refractivity contribution >= 4 is 44.9 Å². The van der Waals surface area contributed by atoms with Crippen molar-refractivity contribution in [2.45, 2.75) is 45.4 Å². The Morgan fingerprint density at radius 3 is 2.05 bits per heavy atom. The highest BCUT2D eigenvalue weighted by Crippen LogP contribution is 2.64. The van der Waals surface area contributed by atoms with Gasteiger partial charge in [0.2, 0.25) is 0 Å². The number of nitrogens with zero attached hydrogens (tertiary/aromatic N) is 2. The van der Waals surface area contributed by atoms with E-state index in [0.29, 0.717) is 0 Å². The van der Waals surface area contributed by atoms with E-state index in [1.807, 2.05) is 0 Å². The Morgan fingerprint density at radius 2 is 1.20 bits per heavy atom. The molecule has 0 radical (unpaired) electrons. The van der Waals surface area contributed by atoms with E-state index in [9.17, 15) is 0 Å². The molecule has 11 rings (SSSR count). The largest absolute Gasteiger partial charge is 0.452 e. The molecule has 2 heterocycles. The second kappa shape index (κ2) is 11.7. The molecule has 0 aromatic heterocycles. The summed E-state index contributed by atoms with van der Waals surface area (Å²) in [6.45, 7) is 11.7. The topological polar surface area (TPSA) is 15.7 Å². The Labute approximate surface area is 329 Å². The van der Waals surface area contributed by atoms with Crippen LogP contribution in [0, 0.1) is 6.92 Å². The highest BCUT2D eigenvalue weighted by atomic mass is 16.5. The first-order valence-corrected chi connectivity index (χ1v) is 19.7. The fraction of sp³-hybridized carbons (Fsp3) is 0.132. The summed E-state index contributed by atoms with van der Waals surface area (Å²) in [5.41, 5.74) is 17.6. The van der Waals surface area contributed by atoms with Gasteiger partial charge < -0.3 is 14.5 Å². The summed E-state index contributed by atoms with van der Waals surface area (Å²) in [7, 11) is 0. The van der Waals surface area contributed by atoms with Gasteiger partial charge in [0.15, 0.2) is 11.5 Å². The van der Waals surface area contributed by atoms with Crippen molar-refractivity contribution < 1.29 is 4.74 Å². The van der Waals surface area contributed by atoms with E-state index in [4.69, 9.17) is 4.74 Å². The molecule has 3 nitrogen and oxygen atoms in total. The number of hydrogen-bond acceptors (Lipinski definition) is 3. The van der Waals surface area contributed by atoms with Gasteiger partial charge in [0.05, 0.1) is 22.7 Å².